The predicted octanol–water partition coefficient (Wildman–Crippen LogP) is 2.75. The van der Waals surface area contributed by atoms with Crippen LogP contribution in [0.4, 0.5) is 0 Å². The molecule has 4 nitrogen and oxygen atoms in total. The summed E-state index contributed by atoms with van der Waals surface area (Å²) in [4.78, 5) is 24.6. The number of benzene rings is 1. The molecule has 1 fully saturated rings. The molecule has 0 saturated heterocycles. The van der Waals surface area contributed by atoms with Crippen molar-refractivity contribution in [1.82, 2.24) is 10.6 Å². The van der Waals surface area contributed by atoms with Gasteiger partial charge in [0, 0.05) is 0 Å². The lowest BCUT2D eigenvalue weighted by Crippen LogP contribution is -2.39. The van der Waals surface area contributed by atoms with Gasteiger partial charge in [-0.05, 0) is 35.8 Å². The number of carbonyl (C=O) groups is 2. The Morgan fingerprint density at radius 2 is 1.91 bits per heavy atom. The number of thiophene rings is 1. The Labute approximate surface area is 133 Å². The van der Waals surface area contributed by atoms with E-state index in [2.05, 4.69) is 10.6 Å². The highest BCUT2D eigenvalue weighted by molar-refractivity contribution is 7.12. The third-order valence-corrected chi connectivity index (χ3v) is 4.59. The summed E-state index contributed by atoms with van der Waals surface area (Å²) in [6.45, 7) is 0.00673. The van der Waals surface area contributed by atoms with E-state index in [9.17, 15) is 9.59 Å². The molecule has 2 N–H and O–H groups in total. The second-order valence-electron chi connectivity index (χ2n) is 5.45. The van der Waals surface area contributed by atoms with E-state index in [1.165, 1.54) is 11.3 Å². The fourth-order valence-electron chi connectivity index (χ4n) is 2.44. The van der Waals surface area contributed by atoms with Gasteiger partial charge in [0.1, 0.15) is 0 Å². The molecule has 1 unspecified atom stereocenters. The van der Waals surface area contributed by atoms with Crippen molar-refractivity contribution >= 4 is 23.2 Å². The van der Waals surface area contributed by atoms with Gasteiger partial charge in [0.2, 0.25) is 5.91 Å². The van der Waals surface area contributed by atoms with Crippen molar-refractivity contribution in [3.05, 3.63) is 58.3 Å². The van der Waals surface area contributed by atoms with E-state index in [1.807, 2.05) is 41.8 Å². The van der Waals surface area contributed by atoms with Crippen LogP contribution in [0.5, 0.6) is 0 Å². The van der Waals surface area contributed by atoms with Crippen molar-refractivity contribution in [3.63, 3.8) is 0 Å². The molecular formula is C17H18N2O2S. The second kappa shape index (κ2) is 6.75. The molecule has 22 heavy (non-hydrogen) atoms. The predicted molar refractivity (Wildman–Crippen MR) is 86.7 cm³/mol. The molecule has 1 saturated carbocycles. The van der Waals surface area contributed by atoms with E-state index in [0.29, 0.717) is 10.8 Å². The normalized spacial score (nSPS) is 15.1. The smallest absolute Gasteiger partial charge is 0.261 e. The Kier molecular flexibility index (Phi) is 4.53. The van der Waals surface area contributed by atoms with Crippen molar-refractivity contribution in [1.29, 1.82) is 0 Å². The number of hydrogen-bond donors (Lipinski definition) is 2. The molecule has 1 heterocycles. The van der Waals surface area contributed by atoms with Gasteiger partial charge < -0.3 is 10.6 Å². The van der Waals surface area contributed by atoms with Crippen LogP contribution in [0, 0.1) is 5.92 Å². The first kappa shape index (κ1) is 14.8. The molecule has 1 aliphatic rings. The van der Waals surface area contributed by atoms with Crippen molar-refractivity contribution in [2.75, 3.05) is 6.54 Å². The van der Waals surface area contributed by atoms with Gasteiger partial charge in [-0.15, -0.1) is 11.3 Å². The summed E-state index contributed by atoms with van der Waals surface area (Å²) in [6.07, 6.45) is 2.28. The average Bonchev–Trinajstić information content (AvgIpc) is 3.24. The van der Waals surface area contributed by atoms with E-state index >= 15 is 0 Å². The molecule has 2 amide bonds. The van der Waals surface area contributed by atoms with E-state index in [0.717, 1.165) is 18.4 Å². The maximum absolute atomic E-state index is 12.1. The third kappa shape index (κ3) is 3.74. The summed E-state index contributed by atoms with van der Waals surface area (Å²) in [5.74, 6) is 0.165. The van der Waals surface area contributed by atoms with Crippen LogP contribution in [-0.4, -0.2) is 18.4 Å². The molecule has 0 radical (unpaired) electrons. The molecule has 0 bridgehead atoms. The van der Waals surface area contributed by atoms with Crippen LogP contribution in [0.3, 0.4) is 0 Å². The monoisotopic (exact) mass is 314 g/mol. The first-order chi connectivity index (χ1) is 10.7. The molecule has 0 aliphatic heterocycles. The van der Waals surface area contributed by atoms with Gasteiger partial charge in [-0.3, -0.25) is 9.59 Å². The van der Waals surface area contributed by atoms with Crippen LogP contribution >= 0.6 is 11.3 Å². The highest BCUT2D eigenvalue weighted by Crippen LogP contribution is 2.40. The zero-order valence-corrected chi connectivity index (χ0v) is 12.9. The summed E-state index contributed by atoms with van der Waals surface area (Å²) >= 11 is 1.36. The number of hydrogen-bond acceptors (Lipinski definition) is 3. The minimum absolute atomic E-state index is 0.00673. The number of amides is 2. The van der Waals surface area contributed by atoms with Crippen molar-refractivity contribution < 1.29 is 9.59 Å². The largest absolute Gasteiger partial charge is 0.347 e. The maximum Gasteiger partial charge on any atom is 0.261 e. The molecule has 1 aliphatic carbocycles. The number of rotatable bonds is 6. The average molecular weight is 314 g/mol. The van der Waals surface area contributed by atoms with Crippen LogP contribution < -0.4 is 10.6 Å². The topological polar surface area (TPSA) is 58.2 Å². The lowest BCUT2D eigenvalue weighted by molar-refractivity contribution is -0.121. The molecule has 1 aromatic heterocycles. The summed E-state index contributed by atoms with van der Waals surface area (Å²) in [5, 5.41) is 7.55. The van der Waals surface area contributed by atoms with Crippen molar-refractivity contribution in [3.8, 4) is 0 Å². The Bertz CT molecular complexity index is 636. The van der Waals surface area contributed by atoms with Gasteiger partial charge in [0.25, 0.3) is 5.91 Å². The van der Waals surface area contributed by atoms with Crippen LogP contribution in [0.25, 0.3) is 0 Å². The quantitative estimate of drug-likeness (QED) is 0.861. The number of carbonyl (C=O) groups excluding carboxylic acids is 2. The van der Waals surface area contributed by atoms with Gasteiger partial charge in [-0.1, -0.05) is 36.4 Å². The lowest BCUT2D eigenvalue weighted by atomic mass is 10.0. The summed E-state index contributed by atoms with van der Waals surface area (Å²) in [6, 6.07) is 13.6. The molecule has 1 aromatic carbocycles. The van der Waals surface area contributed by atoms with E-state index < -0.39 is 0 Å². The minimum atomic E-state index is -0.201. The van der Waals surface area contributed by atoms with Gasteiger partial charge in [0.05, 0.1) is 17.5 Å². The Hall–Kier alpha value is -2.14. The molecule has 5 heteroatoms. The number of nitrogens with one attached hydrogen (secondary N) is 2. The zero-order valence-electron chi connectivity index (χ0n) is 12.1. The molecule has 1 atom stereocenters. The van der Waals surface area contributed by atoms with E-state index in [-0.39, 0.29) is 24.4 Å². The molecule has 2 aromatic rings. The third-order valence-electron chi connectivity index (χ3n) is 3.72. The highest BCUT2D eigenvalue weighted by atomic mass is 32.1. The minimum Gasteiger partial charge on any atom is -0.347 e. The van der Waals surface area contributed by atoms with Gasteiger partial charge in [0.15, 0.2) is 0 Å². The van der Waals surface area contributed by atoms with Crippen LogP contribution in [0.2, 0.25) is 0 Å². The second-order valence-corrected chi connectivity index (χ2v) is 6.40. The van der Waals surface area contributed by atoms with Gasteiger partial charge in [-0.25, -0.2) is 0 Å². The molecule has 3 rings (SSSR count). The maximum atomic E-state index is 12.1. The summed E-state index contributed by atoms with van der Waals surface area (Å²) < 4.78 is 0. The van der Waals surface area contributed by atoms with Crippen LogP contribution in [0.15, 0.2) is 47.8 Å². The van der Waals surface area contributed by atoms with Crippen LogP contribution in [0.1, 0.15) is 34.1 Å². The molecule has 114 valence electrons. The van der Waals surface area contributed by atoms with Crippen LogP contribution in [-0.2, 0) is 4.79 Å². The Morgan fingerprint density at radius 1 is 1.14 bits per heavy atom. The molecular weight excluding hydrogens is 296 g/mol. The standard InChI is InChI=1S/C17H18N2O2S/c20-15(11-18-17(21)14-7-4-10-22-14)19-16(13-8-9-13)12-5-2-1-3-6-12/h1-7,10,13,16H,8-9,11H2,(H,18,21)(H,19,20). The lowest BCUT2D eigenvalue weighted by Gasteiger charge is -2.19. The van der Waals surface area contributed by atoms with Crippen molar-refractivity contribution in [2.45, 2.75) is 18.9 Å². The first-order valence-electron chi connectivity index (χ1n) is 7.40. The van der Waals surface area contributed by atoms with Crippen molar-refractivity contribution in [2.24, 2.45) is 5.92 Å². The Morgan fingerprint density at radius 3 is 2.55 bits per heavy atom. The van der Waals surface area contributed by atoms with E-state index in [4.69, 9.17) is 0 Å². The summed E-state index contributed by atoms with van der Waals surface area (Å²) in [5.41, 5.74) is 1.13. The van der Waals surface area contributed by atoms with Gasteiger partial charge in [-0.2, -0.15) is 0 Å². The van der Waals surface area contributed by atoms with E-state index in [1.54, 1.807) is 6.07 Å². The zero-order chi connectivity index (χ0) is 15.4. The fourth-order valence-corrected chi connectivity index (χ4v) is 3.08. The van der Waals surface area contributed by atoms with Gasteiger partial charge >= 0.3 is 0 Å². The first-order valence-corrected chi connectivity index (χ1v) is 8.28. The SMILES string of the molecule is O=C(CNC(=O)c1cccs1)NC(c1ccccc1)C1CC1. The Balaban J connectivity index is 1.55. The fraction of sp³-hybridized carbons (Fsp3) is 0.294. The summed E-state index contributed by atoms with van der Waals surface area (Å²) in [7, 11) is 0. The molecule has 0 spiro atoms. The highest BCUT2D eigenvalue weighted by Gasteiger charge is 2.33.